The van der Waals surface area contributed by atoms with Crippen molar-refractivity contribution in [2.45, 2.75) is 26.5 Å². The largest absolute Gasteiger partial charge is 0.493 e. The summed E-state index contributed by atoms with van der Waals surface area (Å²) < 4.78 is 24.2. The third-order valence-electron chi connectivity index (χ3n) is 6.74. The van der Waals surface area contributed by atoms with Crippen LogP contribution in [0.15, 0.2) is 87.8 Å². The Morgan fingerprint density at radius 1 is 1.02 bits per heavy atom. The minimum absolute atomic E-state index is 0.193. The number of allylic oxidation sites excluding steroid dienone is 1. The lowest BCUT2D eigenvalue weighted by Crippen LogP contribution is -2.39. The number of nitrogens with zero attached hydrogens (tertiary/aromatic N) is 2. The highest BCUT2D eigenvalue weighted by atomic mass is 35.5. The second-order valence-electron chi connectivity index (χ2n) is 9.40. The van der Waals surface area contributed by atoms with Crippen molar-refractivity contribution in [3.63, 3.8) is 0 Å². The predicted molar refractivity (Wildman–Crippen MR) is 162 cm³/mol. The molecule has 2 heterocycles. The van der Waals surface area contributed by atoms with E-state index < -0.39 is 12.0 Å². The molecule has 0 fully saturated rings. The number of esters is 1. The molecule has 3 aromatic carbocycles. The first-order valence-electron chi connectivity index (χ1n) is 13.2. The highest BCUT2D eigenvalue weighted by Gasteiger charge is 2.33. The second-order valence-corrected chi connectivity index (χ2v) is 10.8. The summed E-state index contributed by atoms with van der Waals surface area (Å²) in [4.78, 5) is 32.1. The molecule has 0 saturated heterocycles. The van der Waals surface area contributed by atoms with Gasteiger partial charge in [-0.2, -0.15) is 0 Å². The second kappa shape index (κ2) is 12.7. The van der Waals surface area contributed by atoms with E-state index in [4.69, 9.17) is 30.5 Å². The van der Waals surface area contributed by atoms with Gasteiger partial charge in [0, 0.05) is 5.02 Å². The molecule has 1 aromatic heterocycles. The summed E-state index contributed by atoms with van der Waals surface area (Å²) in [6.07, 6.45) is 1.81. The van der Waals surface area contributed by atoms with Crippen molar-refractivity contribution in [2.24, 2.45) is 4.99 Å². The molecule has 0 bridgehead atoms. The monoisotopic (exact) mass is 604 g/mol. The standard InChI is InChI=1S/C32H29ClN2O6S/c1-5-40-31(37)28-19(2)34-32-35(29(28)22-10-15-25(38-3)26(17-22)39-4)30(36)27(42-32)16-20-8-13-24(14-9-20)41-18-21-6-11-23(33)12-7-21/h6-17,29H,5,18H2,1-4H3. The van der Waals surface area contributed by atoms with Gasteiger partial charge in [0.25, 0.3) is 5.56 Å². The number of halogens is 1. The van der Waals surface area contributed by atoms with E-state index in [1.54, 1.807) is 37.7 Å². The molecule has 1 aliphatic rings. The van der Waals surface area contributed by atoms with Crippen molar-refractivity contribution >= 4 is 35.0 Å². The predicted octanol–water partition coefficient (Wildman–Crippen LogP) is 5.05. The van der Waals surface area contributed by atoms with Crippen LogP contribution >= 0.6 is 22.9 Å². The van der Waals surface area contributed by atoms with Crippen molar-refractivity contribution in [3.8, 4) is 17.2 Å². The Morgan fingerprint density at radius 2 is 1.74 bits per heavy atom. The number of thiazole rings is 1. The average Bonchev–Trinajstić information content (AvgIpc) is 3.30. The summed E-state index contributed by atoms with van der Waals surface area (Å²) in [5, 5.41) is 0.677. The molecule has 0 amide bonds. The number of aromatic nitrogens is 1. The molecule has 5 rings (SSSR count). The van der Waals surface area contributed by atoms with E-state index in [-0.39, 0.29) is 12.2 Å². The summed E-state index contributed by atoms with van der Waals surface area (Å²) in [6.45, 7) is 4.09. The zero-order valence-electron chi connectivity index (χ0n) is 23.5. The minimum atomic E-state index is -0.758. The Morgan fingerprint density at radius 3 is 2.40 bits per heavy atom. The number of rotatable bonds is 9. The maximum absolute atomic E-state index is 13.9. The Bertz CT molecular complexity index is 1820. The average molecular weight is 605 g/mol. The number of carbonyl (C=O) groups is 1. The Kier molecular flexibility index (Phi) is 8.80. The fraction of sp³-hybridized carbons (Fsp3) is 0.219. The SMILES string of the molecule is CCOC(=O)C1=C(C)N=c2sc(=Cc3ccc(OCc4ccc(Cl)cc4)cc3)c(=O)n2C1c1ccc(OC)c(OC)c1. The maximum atomic E-state index is 13.9. The van der Waals surface area contributed by atoms with Gasteiger partial charge in [-0.05, 0) is 73.0 Å². The number of fused-ring (bicyclic) bond motifs is 1. The zero-order chi connectivity index (χ0) is 29.8. The normalized spacial score (nSPS) is 14.7. The van der Waals surface area contributed by atoms with Crippen LogP contribution in [0.5, 0.6) is 17.2 Å². The van der Waals surface area contributed by atoms with Gasteiger partial charge in [-0.1, -0.05) is 53.3 Å². The first kappa shape index (κ1) is 29.2. The lowest BCUT2D eigenvalue weighted by molar-refractivity contribution is -0.139. The van der Waals surface area contributed by atoms with Crippen LogP contribution in [-0.4, -0.2) is 31.4 Å². The summed E-state index contributed by atoms with van der Waals surface area (Å²) in [6, 6.07) is 19.5. The van der Waals surface area contributed by atoms with Crippen molar-refractivity contribution in [3.05, 3.63) is 119 Å². The lowest BCUT2D eigenvalue weighted by atomic mass is 9.95. The van der Waals surface area contributed by atoms with Gasteiger partial charge in [0.15, 0.2) is 16.3 Å². The summed E-state index contributed by atoms with van der Waals surface area (Å²) in [5.74, 6) is 1.19. The first-order chi connectivity index (χ1) is 20.3. The lowest BCUT2D eigenvalue weighted by Gasteiger charge is -2.25. The molecule has 216 valence electrons. The summed E-state index contributed by atoms with van der Waals surface area (Å²) >= 11 is 7.22. The van der Waals surface area contributed by atoms with E-state index in [1.165, 1.54) is 18.4 Å². The molecule has 8 nitrogen and oxygen atoms in total. The van der Waals surface area contributed by atoms with Crippen molar-refractivity contribution in [1.29, 1.82) is 0 Å². The molecule has 0 spiro atoms. The molecule has 10 heteroatoms. The van der Waals surface area contributed by atoms with Crippen LogP contribution in [0.1, 0.15) is 36.6 Å². The molecule has 0 saturated carbocycles. The number of hydrogen-bond acceptors (Lipinski definition) is 8. The highest BCUT2D eigenvalue weighted by molar-refractivity contribution is 7.07. The van der Waals surface area contributed by atoms with E-state index in [9.17, 15) is 9.59 Å². The third kappa shape index (κ3) is 5.98. The molecule has 0 N–H and O–H groups in total. The Balaban J connectivity index is 1.52. The maximum Gasteiger partial charge on any atom is 0.338 e. The summed E-state index contributed by atoms with van der Waals surface area (Å²) in [5.41, 5.74) is 3.01. The molecular weight excluding hydrogens is 576 g/mol. The van der Waals surface area contributed by atoms with Crippen LogP contribution < -0.4 is 29.1 Å². The zero-order valence-corrected chi connectivity index (χ0v) is 25.1. The van der Waals surface area contributed by atoms with Crippen molar-refractivity contribution < 1.29 is 23.7 Å². The van der Waals surface area contributed by atoms with Gasteiger partial charge in [0.1, 0.15) is 12.4 Å². The van der Waals surface area contributed by atoms with Crippen LogP contribution in [0, 0.1) is 0 Å². The smallest absolute Gasteiger partial charge is 0.338 e. The van der Waals surface area contributed by atoms with Crippen molar-refractivity contribution in [2.75, 3.05) is 20.8 Å². The van der Waals surface area contributed by atoms with Crippen LogP contribution in [0.4, 0.5) is 0 Å². The van der Waals surface area contributed by atoms with E-state index in [0.717, 1.165) is 11.1 Å². The molecule has 0 aliphatic carbocycles. The van der Waals surface area contributed by atoms with Crippen LogP contribution in [0.25, 0.3) is 6.08 Å². The van der Waals surface area contributed by atoms with E-state index in [0.29, 0.717) is 55.0 Å². The van der Waals surface area contributed by atoms with Gasteiger partial charge in [-0.25, -0.2) is 9.79 Å². The molecule has 0 radical (unpaired) electrons. The van der Waals surface area contributed by atoms with Gasteiger partial charge < -0.3 is 18.9 Å². The van der Waals surface area contributed by atoms with Gasteiger partial charge in [-0.3, -0.25) is 9.36 Å². The van der Waals surface area contributed by atoms with E-state index >= 15 is 0 Å². The molecule has 1 aliphatic heterocycles. The third-order valence-corrected chi connectivity index (χ3v) is 7.97. The fourth-order valence-corrected chi connectivity index (χ4v) is 5.86. The first-order valence-corrected chi connectivity index (χ1v) is 14.4. The van der Waals surface area contributed by atoms with Gasteiger partial charge >= 0.3 is 5.97 Å². The van der Waals surface area contributed by atoms with E-state index in [2.05, 4.69) is 4.99 Å². The van der Waals surface area contributed by atoms with Gasteiger partial charge in [0.2, 0.25) is 0 Å². The number of hydrogen-bond donors (Lipinski definition) is 0. The summed E-state index contributed by atoms with van der Waals surface area (Å²) in [7, 11) is 3.08. The quantitative estimate of drug-likeness (QED) is 0.249. The highest BCUT2D eigenvalue weighted by Crippen LogP contribution is 2.36. The Labute approximate surface area is 251 Å². The van der Waals surface area contributed by atoms with Gasteiger partial charge in [-0.15, -0.1) is 0 Å². The minimum Gasteiger partial charge on any atom is -0.493 e. The number of carbonyl (C=O) groups excluding carboxylic acids is 1. The van der Waals surface area contributed by atoms with Crippen LogP contribution in [-0.2, 0) is 16.1 Å². The topological polar surface area (TPSA) is 88.4 Å². The molecular formula is C32H29ClN2O6S. The number of ether oxygens (including phenoxy) is 4. The molecule has 1 unspecified atom stereocenters. The van der Waals surface area contributed by atoms with Gasteiger partial charge in [0.05, 0.1) is 42.7 Å². The molecule has 42 heavy (non-hydrogen) atoms. The van der Waals surface area contributed by atoms with Crippen molar-refractivity contribution in [1.82, 2.24) is 4.57 Å². The molecule has 4 aromatic rings. The number of benzene rings is 3. The Hall–Kier alpha value is -4.34. The van der Waals surface area contributed by atoms with Crippen LogP contribution in [0.2, 0.25) is 5.02 Å². The fourth-order valence-electron chi connectivity index (χ4n) is 4.69. The molecule has 1 atom stereocenters. The number of methoxy groups -OCH3 is 2. The van der Waals surface area contributed by atoms with E-state index in [1.807, 2.05) is 60.7 Å². The van der Waals surface area contributed by atoms with Crippen LogP contribution in [0.3, 0.4) is 0 Å².